The van der Waals surface area contributed by atoms with E-state index in [1.165, 1.54) is 0 Å². The van der Waals surface area contributed by atoms with Gasteiger partial charge in [-0.1, -0.05) is 18.2 Å². The molecule has 2 unspecified atom stereocenters. The van der Waals surface area contributed by atoms with Crippen molar-refractivity contribution in [2.45, 2.75) is 43.9 Å². The van der Waals surface area contributed by atoms with Gasteiger partial charge < -0.3 is 10.0 Å². The third kappa shape index (κ3) is 2.58. The summed E-state index contributed by atoms with van der Waals surface area (Å²) in [5, 5.41) is 9.81. The molecular weight excluding hydrogens is 252 g/mol. The van der Waals surface area contributed by atoms with Gasteiger partial charge in [0, 0.05) is 24.8 Å². The van der Waals surface area contributed by atoms with E-state index in [4.69, 9.17) is 0 Å². The Bertz CT molecular complexity index is 463. The van der Waals surface area contributed by atoms with Gasteiger partial charge in [0.2, 0.25) is 5.91 Å². The van der Waals surface area contributed by atoms with Gasteiger partial charge in [-0.15, -0.1) is 0 Å². The van der Waals surface area contributed by atoms with E-state index in [-0.39, 0.29) is 12.0 Å². The zero-order valence-corrected chi connectivity index (χ0v) is 11.9. The molecule has 2 heterocycles. The molecule has 1 N–H and O–H groups in total. The Labute approximate surface area is 120 Å². The molecule has 2 aliphatic heterocycles. The average Bonchev–Trinajstić information content (AvgIpc) is 2.70. The molecular formula is C16H22N2O2. The van der Waals surface area contributed by atoms with E-state index in [1.807, 2.05) is 37.4 Å². The van der Waals surface area contributed by atoms with Crippen molar-refractivity contribution >= 4 is 11.6 Å². The third-order valence-corrected chi connectivity index (χ3v) is 4.69. The largest absolute Gasteiger partial charge is 0.393 e. The van der Waals surface area contributed by atoms with Gasteiger partial charge >= 0.3 is 0 Å². The second-order valence-corrected chi connectivity index (χ2v) is 5.97. The second-order valence-electron chi connectivity index (χ2n) is 5.97. The monoisotopic (exact) mass is 274 g/mol. The van der Waals surface area contributed by atoms with Gasteiger partial charge in [-0.25, -0.2) is 0 Å². The number of aliphatic hydroxyl groups is 1. The summed E-state index contributed by atoms with van der Waals surface area (Å²) in [7, 11) is 1.83. The summed E-state index contributed by atoms with van der Waals surface area (Å²) >= 11 is 0. The van der Waals surface area contributed by atoms with Gasteiger partial charge in [0.15, 0.2) is 0 Å². The van der Waals surface area contributed by atoms with E-state index in [9.17, 15) is 9.90 Å². The van der Waals surface area contributed by atoms with Crippen LogP contribution < -0.4 is 4.90 Å². The van der Waals surface area contributed by atoms with E-state index in [2.05, 4.69) is 4.90 Å². The van der Waals surface area contributed by atoms with Crippen molar-refractivity contribution in [1.29, 1.82) is 0 Å². The first-order valence-electron chi connectivity index (χ1n) is 7.40. The Hall–Kier alpha value is -1.39. The number of benzene rings is 1. The first-order chi connectivity index (χ1) is 9.65. The predicted molar refractivity (Wildman–Crippen MR) is 78.6 cm³/mol. The van der Waals surface area contributed by atoms with Crippen LogP contribution in [0.1, 0.15) is 25.7 Å². The van der Waals surface area contributed by atoms with Crippen molar-refractivity contribution in [1.82, 2.24) is 4.90 Å². The Morgan fingerprint density at radius 1 is 1.25 bits per heavy atom. The highest BCUT2D eigenvalue weighted by Gasteiger charge is 2.41. The number of anilines is 1. The van der Waals surface area contributed by atoms with Crippen LogP contribution in [-0.4, -0.2) is 47.7 Å². The highest BCUT2D eigenvalue weighted by atomic mass is 16.3. The number of nitrogens with zero attached hydrogens (tertiary/aromatic N) is 2. The van der Waals surface area contributed by atoms with Crippen LogP contribution >= 0.6 is 0 Å². The molecule has 2 aliphatic rings. The Morgan fingerprint density at radius 3 is 2.45 bits per heavy atom. The number of likely N-dealkylation sites (N-methyl/N-ethyl adjacent to an activating group) is 1. The minimum Gasteiger partial charge on any atom is -0.393 e. The number of aliphatic hydroxyl groups excluding tert-OH is 1. The maximum absolute atomic E-state index is 12.4. The van der Waals surface area contributed by atoms with Crippen molar-refractivity contribution in [3.63, 3.8) is 0 Å². The standard InChI is InChI=1S/C16H22N2O2/c1-17(12-5-3-2-4-6-12)16(20)11-18-13-7-8-14(18)10-15(19)9-13/h2-6,13-15,19H,7-11H2,1H3. The maximum Gasteiger partial charge on any atom is 0.240 e. The van der Waals surface area contributed by atoms with E-state index >= 15 is 0 Å². The molecule has 1 amide bonds. The molecule has 2 bridgehead atoms. The van der Waals surface area contributed by atoms with Crippen LogP contribution in [0.5, 0.6) is 0 Å². The number of piperidine rings is 1. The van der Waals surface area contributed by atoms with Gasteiger partial charge in [0.1, 0.15) is 0 Å². The molecule has 2 saturated heterocycles. The number of hydrogen-bond donors (Lipinski definition) is 1. The van der Waals surface area contributed by atoms with Crippen LogP contribution in [-0.2, 0) is 4.79 Å². The summed E-state index contributed by atoms with van der Waals surface area (Å²) < 4.78 is 0. The fourth-order valence-corrected chi connectivity index (χ4v) is 3.56. The fraction of sp³-hybridized carbons (Fsp3) is 0.562. The molecule has 1 aromatic carbocycles. The zero-order chi connectivity index (χ0) is 14.1. The summed E-state index contributed by atoms with van der Waals surface area (Å²) in [4.78, 5) is 16.5. The van der Waals surface area contributed by atoms with Crippen LogP contribution in [0.15, 0.2) is 30.3 Å². The predicted octanol–water partition coefficient (Wildman–Crippen LogP) is 1.64. The summed E-state index contributed by atoms with van der Waals surface area (Å²) in [6, 6.07) is 10.5. The van der Waals surface area contributed by atoms with E-state index in [0.717, 1.165) is 31.4 Å². The SMILES string of the molecule is CN(C(=O)CN1C2CCC1CC(O)C2)c1ccccc1. The quantitative estimate of drug-likeness (QED) is 0.911. The van der Waals surface area contributed by atoms with E-state index in [1.54, 1.807) is 4.90 Å². The lowest BCUT2D eigenvalue weighted by Gasteiger charge is -2.37. The molecule has 2 fully saturated rings. The number of carbonyl (C=O) groups is 1. The molecule has 4 heteroatoms. The minimum atomic E-state index is -0.175. The zero-order valence-electron chi connectivity index (χ0n) is 11.9. The first-order valence-corrected chi connectivity index (χ1v) is 7.40. The van der Waals surface area contributed by atoms with E-state index in [0.29, 0.717) is 18.6 Å². The molecule has 2 atom stereocenters. The molecule has 0 spiro atoms. The van der Waals surface area contributed by atoms with Crippen molar-refractivity contribution < 1.29 is 9.90 Å². The number of rotatable bonds is 3. The van der Waals surface area contributed by atoms with E-state index < -0.39 is 0 Å². The molecule has 3 rings (SSSR count). The average molecular weight is 274 g/mol. The summed E-state index contributed by atoms with van der Waals surface area (Å²) in [6.45, 7) is 0.466. The highest BCUT2D eigenvalue weighted by Crippen LogP contribution is 2.35. The van der Waals surface area contributed by atoms with Crippen LogP contribution in [0.4, 0.5) is 5.69 Å². The van der Waals surface area contributed by atoms with Gasteiger partial charge in [0.05, 0.1) is 12.6 Å². The number of amides is 1. The Morgan fingerprint density at radius 2 is 1.85 bits per heavy atom. The first kappa shape index (κ1) is 13.6. The van der Waals surface area contributed by atoms with Crippen molar-refractivity contribution in [2.75, 3.05) is 18.5 Å². The van der Waals surface area contributed by atoms with Crippen molar-refractivity contribution in [2.24, 2.45) is 0 Å². The molecule has 20 heavy (non-hydrogen) atoms. The smallest absolute Gasteiger partial charge is 0.240 e. The number of fused-ring (bicyclic) bond motifs is 2. The van der Waals surface area contributed by atoms with Crippen LogP contribution in [0, 0.1) is 0 Å². The van der Waals surface area contributed by atoms with Crippen molar-refractivity contribution in [3.05, 3.63) is 30.3 Å². The molecule has 108 valence electrons. The maximum atomic E-state index is 12.4. The van der Waals surface area contributed by atoms with Gasteiger partial charge in [-0.2, -0.15) is 0 Å². The van der Waals surface area contributed by atoms with Gasteiger partial charge in [0.25, 0.3) is 0 Å². The number of carbonyl (C=O) groups excluding carboxylic acids is 1. The number of para-hydroxylation sites is 1. The molecule has 4 nitrogen and oxygen atoms in total. The Balaban J connectivity index is 1.65. The lowest BCUT2D eigenvalue weighted by molar-refractivity contribution is -0.121. The summed E-state index contributed by atoms with van der Waals surface area (Å²) in [5.74, 6) is 0.129. The lowest BCUT2D eigenvalue weighted by Crippen LogP contribution is -2.49. The van der Waals surface area contributed by atoms with Crippen LogP contribution in [0.3, 0.4) is 0 Å². The third-order valence-electron chi connectivity index (χ3n) is 4.69. The Kier molecular flexibility index (Phi) is 3.76. The molecule has 0 aromatic heterocycles. The van der Waals surface area contributed by atoms with Crippen LogP contribution in [0.2, 0.25) is 0 Å². The summed E-state index contributed by atoms with van der Waals surface area (Å²) in [5.41, 5.74) is 0.932. The van der Waals surface area contributed by atoms with Gasteiger partial charge in [-0.3, -0.25) is 9.69 Å². The molecule has 0 aliphatic carbocycles. The number of hydrogen-bond acceptors (Lipinski definition) is 3. The van der Waals surface area contributed by atoms with Crippen molar-refractivity contribution in [3.8, 4) is 0 Å². The summed E-state index contributed by atoms with van der Waals surface area (Å²) in [6.07, 6.45) is 3.69. The molecule has 1 aromatic rings. The van der Waals surface area contributed by atoms with Gasteiger partial charge in [-0.05, 0) is 37.8 Å². The minimum absolute atomic E-state index is 0.129. The van der Waals surface area contributed by atoms with Crippen LogP contribution in [0.25, 0.3) is 0 Å². The molecule has 0 radical (unpaired) electrons. The normalized spacial score (nSPS) is 29.4. The lowest BCUT2D eigenvalue weighted by atomic mass is 10.00. The second kappa shape index (κ2) is 5.54. The highest BCUT2D eigenvalue weighted by molar-refractivity contribution is 5.94. The molecule has 0 saturated carbocycles. The topological polar surface area (TPSA) is 43.8 Å². The fourth-order valence-electron chi connectivity index (χ4n) is 3.56.